The lowest BCUT2D eigenvalue weighted by Gasteiger charge is -2.30. The summed E-state index contributed by atoms with van der Waals surface area (Å²) in [6.45, 7) is 10.3. The number of nitrogens with one attached hydrogen (secondary N) is 1. The second kappa shape index (κ2) is 6.45. The molecule has 1 saturated heterocycles. The molecule has 0 radical (unpaired) electrons. The molecule has 2 unspecified atom stereocenters. The molecule has 0 aromatic heterocycles. The summed E-state index contributed by atoms with van der Waals surface area (Å²) in [7, 11) is 0. The highest BCUT2D eigenvalue weighted by molar-refractivity contribution is 5.14. The SMILES string of the molecule is CCCNC1(C#N)CCC(N2CCC(CC)(CC)C2)C1. The highest BCUT2D eigenvalue weighted by atomic mass is 15.2. The molecular weight excluding hydrogens is 246 g/mol. The van der Waals surface area contributed by atoms with E-state index in [2.05, 4.69) is 37.1 Å². The van der Waals surface area contributed by atoms with Crippen LogP contribution in [0.15, 0.2) is 0 Å². The van der Waals surface area contributed by atoms with Crippen molar-refractivity contribution in [3.05, 3.63) is 0 Å². The molecular formula is C17H31N3. The fraction of sp³-hybridized carbons (Fsp3) is 0.941. The Balaban J connectivity index is 1.95. The van der Waals surface area contributed by atoms with E-state index in [1.54, 1.807) is 0 Å². The molecule has 1 heterocycles. The van der Waals surface area contributed by atoms with E-state index < -0.39 is 0 Å². The molecule has 1 aliphatic carbocycles. The Bertz CT molecular complexity index is 356. The molecule has 0 amide bonds. The van der Waals surface area contributed by atoms with Crippen LogP contribution in [-0.2, 0) is 0 Å². The quantitative estimate of drug-likeness (QED) is 0.809. The lowest BCUT2D eigenvalue weighted by molar-refractivity contribution is 0.190. The van der Waals surface area contributed by atoms with Gasteiger partial charge >= 0.3 is 0 Å². The minimum absolute atomic E-state index is 0.246. The van der Waals surface area contributed by atoms with Crippen molar-refractivity contribution in [2.45, 2.75) is 77.3 Å². The van der Waals surface area contributed by atoms with Crippen molar-refractivity contribution in [1.82, 2.24) is 10.2 Å². The Morgan fingerprint density at radius 1 is 1.25 bits per heavy atom. The maximum Gasteiger partial charge on any atom is 0.108 e. The Morgan fingerprint density at radius 2 is 2.00 bits per heavy atom. The van der Waals surface area contributed by atoms with Gasteiger partial charge in [-0.05, 0) is 63.5 Å². The van der Waals surface area contributed by atoms with Crippen LogP contribution in [0.3, 0.4) is 0 Å². The van der Waals surface area contributed by atoms with E-state index in [1.165, 1.54) is 38.8 Å². The fourth-order valence-corrected chi connectivity index (χ4v) is 4.11. The smallest absolute Gasteiger partial charge is 0.108 e. The average Bonchev–Trinajstić information content (AvgIpc) is 3.10. The molecule has 1 N–H and O–H groups in total. The van der Waals surface area contributed by atoms with E-state index in [9.17, 15) is 5.26 Å². The molecule has 0 aromatic rings. The van der Waals surface area contributed by atoms with Gasteiger partial charge in [0.1, 0.15) is 5.54 Å². The predicted octanol–water partition coefficient (Wildman–Crippen LogP) is 3.31. The molecule has 20 heavy (non-hydrogen) atoms. The minimum atomic E-state index is -0.246. The largest absolute Gasteiger partial charge is 0.300 e. The number of nitrogens with zero attached hydrogens (tertiary/aromatic N) is 2. The number of rotatable bonds is 6. The summed E-state index contributed by atoms with van der Waals surface area (Å²) in [5.74, 6) is 0. The fourth-order valence-electron chi connectivity index (χ4n) is 4.11. The molecule has 0 spiro atoms. The molecule has 2 fully saturated rings. The zero-order valence-electron chi connectivity index (χ0n) is 13.5. The molecule has 0 aromatic carbocycles. The van der Waals surface area contributed by atoms with Crippen molar-refractivity contribution < 1.29 is 0 Å². The van der Waals surface area contributed by atoms with E-state index in [1.807, 2.05) is 0 Å². The molecule has 2 atom stereocenters. The zero-order chi connectivity index (χ0) is 14.6. The van der Waals surface area contributed by atoms with Crippen LogP contribution in [0.5, 0.6) is 0 Å². The normalized spacial score (nSPS) is 33.4. The molecule has 0 bridgehead atoms. The third-order valence-corrected chi connectivity index (χ3v) is 5.90. The predicted molar refractivity (Wildman–Crippen MR) is 83.5 cm³/mol. The molecule has 2 aliphatic rings. The summed E-state index contributed by atoms with van der Waals surface area (Å²) < 4.78 is 0. The third kappa shape index (κ3) is 3.02. The van der Waals surface area contributed by atoms with Crippen LogP contribution < -0.4 is 5.32 Å². The maximum atomic E-state index is 9.57. The Kier molecular flexibility index (Phi) is 5.09. The molecule has 114 valence electrons. The topological polar surface area (TPSA) is 39.1 Å². The Hall–Kier alpha value is -0.590. The molecule has 2 rings (SSSR count). The molecule has 1 saturated carbocycles. The summed E-state index contributed by atoms with van der Waals surface area (Å²) in [4.78, 5) is 2.68. The highest BCUT2D eigenvalue weighted by Crippen LogP contribution is 2.41. The van der Waals surface area contributed by atoms with E-state index in [4.69, 9.17) is 0 Å². The summed E-state index contributed by atoms with van der Waals surface area (Å²) in [5, 5.41) is 13.1. The number of likely N-dealkylation sites (tertiary alicyclic amines) is 1. The van der Waals surface area contributed by atoms with Crippen LogP contribution >= 0.6 is 0 Å². The van der Waals surface area contributed by atoms with Crippen LogP contribution in [0.1, 0.15) is 65.7 Å². The lowest BCUT2D eigenvalue weighted by Crippen LogP contribution is -2.44. The summed E-state index contributed by atoms with van der Waals surface area (Å²) in [6, 6.07) is 3.20. The van der Waals surface area contributed by atoms with Crippen LogP contribution in [0, 0.1) is 16.7 Å². The lowest BCUT2D eigenvalue weighted by atomic mass is 9.82. The standard InChI is InChI=1S/C17H31N3/c1-4-10-19-17(13-18)8-7-15(12-17)20-11-9-16(5-2,6-3)14-20/h15,19H,4-12,14H2,1-3H3. The van der Waals surface area contributed by atoms with Gasteiger partial charge in [0.15, 0.2) is 0 Å². The van der Waals surface area contributed by atoms with Gasteiger partial charge in [-0.25, -0.2) is 0 Å². The minimum Gasteiger partial charge on any atom is -0.300 e. The van der Waals surface area contributed by atoms with E-state index >= 15 is 0 Å². The monoisotopic (exact) mass is 277 g/mol. The first-order valence-corrected chi connectivity index (χ1v) is 8.53. The second-order valence-corrected chi connectivity index (χ2v) is 6.94. The second-order valence-electron chi connectivity index (χ2n) is 6.94. The van der Waals surface area contributed by atoms with Crippen LogP contribution in [0.4, 0.5) is 0 Å². The van der Waals surface area contributed by atoms with Gasteiger partial charge in [0.05, 0.1) is 6.07 Å². The van der Waals surface area contributed by atoms with Crippen molar-refractivity contribution in [2.24, 2.45) is 5.41 Å². The van der Waals surface area contributed by atoms with Crippen LogP contribution in [0.2, 0.25) is 0 Å². The van der Waals surface area contributed by atoms with Gasteiger partial charge in [-0.1, -0.05) is 20.8 Å². The van der Waals surface area contributed by atoms with Crippen LogP contribution in [-0.4, -0.2) is 36.1 Å². The van der Waals surface area contributed by atoms with E-state index in [0.29, 0.717) is 11.5 Å². The highest BCUT2D eigenvalue weighted by Gasteiger charge is 2.45. The van der Waals surface area contributed by atoms with Gasteiger partial charge in [0.2, 0.25) is 0 Å². The van der Waals surface area contributed by atoms with Gasteiger partial charge in [-0.3, -0.25) is 10.2 Å². The number of hydrogen-bond acceptors (Lipinski definition) is 3. The van der Waals surface area contributed by atoms with Crippen LogP contribution in [0.25, 0.3) is 0 Å². The maximum absolute atomic E-state index is 9.57. The van der Waals surface area contributed by atoms with Crippen molar-refractivity contribution in [3.63, 3.8) is 0 Å². The number of hydrogen-bond donors (Lipinski definition) is 1. The van der Waals surface area contributed by atoms with Gasteiger partial charge in [-0.15, -0.1) is 0 Å². The zero-order valence-corrected chi connectivity index (χ0v) is 13.5. The van der Waals surface area contributed by atoms with Gasteiger partial charge in [0, 0.05) is 12.6 Å². The summed E-state index contributed by atoms with van der Waals surface area (Å²) in [6.07, 6.45) is 8.27. The molecule has 3 nitrogen and oxygen atoms in total. The first-order valence-electron chi connectivity index (χ1n) is 8.53. The summed E-state index contributed by atoms with van der Waals surface area (Å²) >= 11 is 0. The first-order chi connectivity index (χ1) is 9.62. The Morgan fingerprint density at radius 3 is 2.55 bits per heavy atom. The molecule has 1 aliphatic heterocycles. The van der Waals surface area contributed by atoms with Crippen molar-refractivity contribution in [2.75, 3.05) is 19.6 Å². The summed E-state index contributed by atoms with van der Waals surface area (Å²) in [5.41, 5.74) is 0.305. The first kappa shape index (κ1) is 15.8. The van der Waals surface area contributed by atoms with Crippen molar-refractivity contribution >= 4 is 0 Å². The van der Waals surface area contributed by atoms with E-state index in [0.717, 1.165) is 25.8 Å². The van der Waals surface area contributed by atoms with E-state index in [-0.39, 0.29) is 5.54 Å². The average molecular weight is 277 g/mol. The number of nitriles is 1. The van der Waals surface area contributed by atoms with Crippen molar-refractivity contribution in [3.8, 4) is 6.07 Å². The third-order valence-electron chi connectivity index (χ3n) is 5.90. The van der Waals surface area contributed by atoms with Crippen molar-refractivity contribution in [1.29, 1.82) is 5.26 Å². The molecule has 3 heteroatoms. The van der Waals surface area contributed by atoms with Gasteiger partial charge < -0.3 is 0 Å². The van der Waals surface area contributed by atoms with Gasteiger partial charge in [0.25, 0.3) is 0 Å². The van der Waals surface area contributed by atoms with Gasteiger partial charge in [-0.2, -0.15) is 5.26 Å². The Labute approximate surface area is 124 Å².